The molecule has 2 fully saturated rings. The second-order valence-corrected chi connectivity index (χ2v) is 5.66. The molecule has 1 aromatic rings. The number of aromatic nitrogens is 2. The Morgan fingerprint density at radius 2 is 2.19 bits per heavy atom. The van der Waals surface area contributed by atoms with Crippen molar-refractivity contribution < 1.29 is 14.3 Å². The van der Waals surface area contributed by atoms with Crippen LogP contribution in [0, 0.1) is 0 Å². The van der Waals surface area contributed by atoms with E-state index in [1.54, 1.807) is 20.2 Å². The highest BCUT2D eigenvalue weighted by Crippen LogP contribution is 2.38. The summed E-state index contributed by atoms with van der Waals surface area (Å²) in [6.45, 7) is 2.14. The molecule has 0 amide bonds. The molecule has 6 nitrogen and oxygen atoms in total. The molecule has 0 spiro atoms. The highest BCUT2D eigenvalue weighted by molar-refractivity contribution is 5.94. The van der Waals surface area contributed by atoms with Gasteiger partial charge in [0, 0.05) is 25.3 Å². The van der Waals surface area contributed by atoms with E-state index in [1.165, 1.54) is 0 Å². The van der Waals surface area contributed by atoms with Crippen LogP contribution in [0.25, 0.3) is 0 Å². The van der Waals surface area contributed by atoms with Gasteiger partial charge in [0.2, 0.25) is 0 Å². The molecule has 114 valence electrons. The van der Waals surface area contributed by atoms with Gasteiger partial charge in [-0.25, -0.2) is 14.8 Å². The molecule has 6 heteroatoms. The van der Waals surface area contributed by atoms with Crippen molar-refractivity contribution in [2.24, 2.45) is 0 Å². The fourth-order valence-corrected chi connectivity index (χ4v) is 2.47. The van der Waals surface area contributed by atoms with Crippen molar-refractivity contribution in [3.8, 4) is 0 Å². The number of rotatable bonds is 6. The second kappa shape index (κ2) is 5.97. The molecule has 2 saturated carbocycles. The number of esters is 1. The molecule has 1 N–H and O–H groups in total. The number of hydrogen-bond acceptors (Lipinski definition) is 6. The highest BCUT2D eigenvalue weighted by Gasteiger charge is 2.32. The van der Waals surface area contributed by atoms with Crippen molar-refractivity contribution in [2.45, 2.75) is 50.7 Å². The van der Waals surface area contributed by atoms with Crippen LogP contribution in [-0.4, -0.2) is 41.8 Å². The average molecular weight is 291 g/mol. The average Bonchev–Trinajstić information content (AvgIpc) is 3.27. The molecule has 21 heavy (non-hydrogen) atoms. The Hall–Kier alpha value is -1.69. The number of hydrogen-bond donors (Lipinski definition) is 1. The monoisotopic (exact) mass is 291 g/mol. The summed E-state index contributed by atoms with van der Waals surface area (Å²) >= 11 is 0. The lowest BCUT2D eigenvalue weighted by atomic mass is 9.89. The number of carbonyl (C=O) groups excluding carboxylic acids is 1. The van der Waals surface area contributed by atoms with Gasteiger partial charge in [0.05, 0.1) is 12.7 Å². The first-order valence-electron chi connectivity index (χ1n) is 7.54. The standard InChI is InChI=1S/C15H21N3O3/c1-3-21-15(19)12-8-16-13(9-4-5-9)18-14(12)17-10-6-11(7-10)20-2/h8-11H,3-7H2,1-2H3,(H,16,17,18). The van der Waals surface area contributed by atoms with E-state index >= 15 is 0 Å². The van der Waals surface area contributed by atoms with Crippen molar-refractivity contribution in [3.05, 3.63) is 17.6 Å². The zero-order chi connectivity index (χ0) is 14.8. The van der Waals surface area contributed by atoms with Gasteiger partial charge in [-0.1, -0.05) is 0 Å². The van der Waals surface area contributed by atoms with E-state index in [0.717, 1.165) is 31.5 Å². The van der Waals surface area contributed by atoms with Crippen molar-refractivity contribution in [1.82, 2.24) is 9.97 Å². The summed E-state index contributed by atoms with van der Waals surface area (Å²) in [5.74, 6) is 1.51. The first kappa shape index (κ1) is 14.3. The first-order chi connectivity index (χ1) is 10.2. The number of nitrogens with zero attached hydrogens (tertiary/aromatic N) is 2. The van der Waals surface area contributed by atoms with Gasteiger partial charge in [0.1, 0.15) is 17.2 Å². The molecule has 2 aliphatic carbocycles. The molecule has 0 aliphatic heterocycles. The Kier molecular flexibility index (Phi) is 4.05. The molecule has 0 aromatic carbocycles. The van der Waals surface area contributed by atoms with Crippen LogP contribution in [0.3, 0.4) is 0 Å². The third kappa shape index (κ3) is 3.15. The van der Waals surface area contributed by atoms with E-state index in [1.807, 2.05) is 0 Å². The Morgan fingerprint density at radius 3 is 2.81 bits per heavy atom. The lowest BCUT2D eigenvalue weighted by molar-refractivity contribution is 0.0327. The fraction of sp³-hybridized carbons (Fsp3) is 0.667. The quantitative estimate of drug-likeness (QED) is 0.809. The molecular weight excluding hydrogens is 270 g/mol. The largest absolute Gasteiger partial charge is 0.462 e. The van der Waals surface area contributed by atoms with Crippen LogP contribution in [0.5, 0.6) is 0 Å². The predicted octanol–water partition coefficient (Wildman–Crippen LogP) is 2.12. The molecular formula is C15H21N3O3. The first-order valence-corrected chi connectivity index (χ1v) is 7.54. The summed E-state index contributed by atoms with van der Waals surface area (Å²) in [6.07, 6.45) is 6.02. The van der Waals surface area contributed by atoms with Crippen molar-refractivity contribution in [1.29, 1.82) is 0 Å². The van der Waals surface area contributed by atoms with Crippen LogP contribution in [0.2, 0.25) is 0 Å². The summed E-state index contributed by atoms with van der Waals surface area (Å²) in [6, 6.07) is 0.296. The van der Waals surface area contributed by atoms with Crippen molar-refractivity contribution in [3.63, 3.8) is 0 Å². The fourth-order valence-electron chi connectivity index (χ4n) is 2.47. The van der Waals surface area contributed by atoms with E-state index in [4.69, 9.17) is 9.47 Å². The summed E-state index contributed by atoms with van der Waals surface area (Å²) in [7, 11) is 1.72. The van der Waals surface area contributed by atoms with E-state index in [-0.39, 0.29) is 5.97 Å². The number of methoxy groups -OCH3 is 1. The third-order valence-electron chi connectivity index (χ3n) is 4.01. The minimum Gasteiger partial charge on any atom is -0.462 e. The van der Waals surface area contributed by atoms with Gasteiger partial charge in [0.15, 0.2) is 0 Å². The van der Waals surface area contributed by atoms with Crippen LogP contribution < -0.4 is 5.32 Å². The van der Waals surface area contributed by atoms with Gasteiger partial charge in [-0.05, 0) is 32.6 Å². The zero-order valence-corrected chi connectivity index (χ0v) is 12.5. The minimum atomic E-state index is -0.370. The number of ether oxygens (including phenoxy) is 2. The van der Waals surface area contributed by atoms with E-state index < -0.39 is 0 Å². The third-order valence-corrected chi connectivity index (χ3v) is 4.01. The topological polar surface area (TPSA) is 73.3 Å². The molecule has 3 rings (SSSR count). The maximum Gasteiger partial charge on any atom is 0.343 e. The molecule has 0 bridgehead atoms. The Bertz CT molecular complexity index is 525. The predicted molar refractivity (Wildman–Crippen MR) is 77.4 cm³/mol. The minimum absolute atomic E-state index is 0.296. The van der Waals surface area contributed by atoms with E-state index in [0.29, 0.717) is 36.1 Å². The molecule has 2 aliphatic rings. The molecule has 1 aromatic heterocycles. The SMILES string of the molecule is CCOC(=O)c1cnc(C2CC2)nc1NC1CC(OC)C1. The van der Waals surface area contributed by atoms with Gasteiger partial charge in [-0.3, -0.25) is 0 Å². The summed E-state index contributed by atoms with van der Waals surface area (Å²) < 4.78 is 10.4. The van der Waals surface area contributed by atoms with Gasteiger partial charge in [0.25, 0.3) is 0 Å². The molecule has 1 heterocycles. The molecule has 0 radical (unpaired) electrons. The Labute approximate surface area is 124 Å². The summed E-state index contributed by atoms with van der Waals surface area (Å²) in [5.41, 5.74) is 0.419. The number of nitrogens with one attached hydrogen (secondary N) is 1. The Balaban J connectivity index is 1.76. The van der Waals surface area contributed by atoms with Crippen LogP contribution >= 0.6 is 0 Å². The highest BCUT2D eigenvalue weighted by atomic mass is 16.5. The number of carbonyl (C=O) groups is 1. The normalized spacial score (nSPS) is 24.3. The molecule has 0 unspecified atom stereocenters. The van der Waals surface area contributed by atoms with Crippen molar-refractivity contribution in [2.75, 3.05) is 19.0 Å². The van der Waals surface area contributed by atoms with Crippen molar-refractivity contribution >= 4 is 11.8 Å². The van der Waals surface area contributed by atoms with Gasteiger partial charge in [-0.2, -0.15) is 0 Å². The van der Waals surface area contributed by atoms with Gasteiger partial charge < -0.3 is 14.8 Å². The molecule has 0 saturated heterocycles. The summed E-state index contributed by atoms with van der Waals surface area (Å²) in [5, 5.41) is 3.34. The lowest BCUT2D eigenvalue weighted by Crippen LogP contribution is -2.40. The van der Waals surface area contributed by atoms with Crippen LogP contribution in [0.15, 0.2) is 6.20 Å². The van der Waals surface area contributed by atoms with E-state index in [9.17, 15) is 4.79 Å². The van der Waals surface area contributed by atoms with Crippen LogP contribution in [0.1, 0.15) is 54.7 Å². The summed E-state index contributed by atoms with van der Waals surface area (Å²) in [4.78, 5) is 20.9. The maximum atomic E-state index is 12.0. The van der Waals surface area contributed by atoms with Crippen LogP contribution in [-0.2, 0) is 9.47 Å². The Morgan fingerprint density at radius 1 is 1.43 bits per heavy atom. The second-order valence-electron chi connectivity index (χ2n) is 5.66. The smallest absolute Gasteiger partial charge is 0.343 e. The molecule has 0 atom stereocenters. The van der Waals surface area contributed by atoms with Gasteiger partial charge in [-0.15, -0.1) is 0 Å². The zero-order valence-electron chi connectivity index (χ0n) is 12.5. The van der Waals surface area contributed by atoms with E-state index in [2.05, 4.69) is 15.3 Å². The van der Waals surface area contributed by atoms with Crippen LogP contribution in [0.4, 0.5) is 5.82 Å². The number of anilines is 1. The lowest BCUT2D eigenvalue weighted by Gasteiger charge is -2.35. The maximum absolute atomic E-state index is 12.0. The van der Waals surface area contributed by atoms with Gasteiger partial charge >= 0.3 is 5.97 Å².